The zero-order valence-corrected chi connectivity index (χ0v) is 50.5. The van der Waals surface area contributed by atoms with Crippen molar-refractivity contribution >= 4 is 13.7 Å². The van der Waals surface area contributed by atoms with Crippen molar-refractivity contribution in [2.75, 3.05) is 40.9 Å². The maximum absolute atomic E-state index is 13.0. The summed E-state index contributed by atoms with van der Waals surface area (Å²) in [5, 5.41) is 24.8. The lowest BCUT2D eigenvalue weighted by molar-refractivity contribution is -0.870. The lowest BCUT2D eigenvalue weighted by atomic mass is 10.0. The molecule has 75 heavy (non-hydrogen) atoms. The van der Waals surface area contributed by atoms with Gasteiger partial charge in [-0.2, -0.15) is 0 Å². The zero-order chi connectivity index (χ0) is 55.0. The number of nitrogens with zero attached hydrogens (tertiary/aromatic N) is 1. The van der Waals surface area contributed by atoms with Crippen LogP contribution in [0.3, 0.4) is 0 Å². The van der Waals surface area contributed by atoms with E-state index in [0.717, 1.165) is 70.6 Å². The number of likely N-dealkylation sites (N-methyl/N-ethyl adjacent to an activating group) is 1. The van der Waals surface area contributed by atoms with Crippen LogP contribution in [0.2, 0.25) is 0 Å². The third-order valence-electron chi connectivity index (χ3n) is 14.0. The summed E-state index contributed by atoms with van der Waals surface area (Å²) in [6, 6.07) is -1.06. The molecule has 9 nitrogen and oxygen atoms in total. The molecular formula is C65H122N2O7P+. The van der Waals surface area contributed by atoms with Crippen molar-refractivity contribution < 1.29 is 38.0 Å². The summed E-state index contributed by atoms with van der Waals surface area (Å²) in [6.45, 7) is 4.45. The molecule has 4 N–H and O–H groups in total. The van der Waals surface area contributed by atoms with E-state index in [9.17, 15) is 24.5 Å². The maximum Gasteiger partial charge on any atom is 0.472 e. The highest BCUT2D eigenvalue weighted by molar-refractivity contribution is 7.47. The molecule has 0 radical (unpaired) electrons. The first-order valence-corrected chi connectivity index (χ1v) is 32.9. The lowest BCUT2D eigenvalue weighted by Crippen LogP contribution is -2.51. The first-order chi connectivity index (χ1) is 36.4. The van der Waals surface area contributed by atoms with Gasteiger partial charge in [0.15, 0.2) is 0 Å². The predicted molar refractivity (Wildman–Crippen MR) is 324 cm³/mol. The molecule has 0 aromatic rings. The number of amides is 1. The van der Waals surface area contributed by atoms with Gasteiger partial charge >= 0.3 is 7.82 Å². The standard InChI is InChI=1S/C65H121N2O7P/c1-6-8-10-12-14-16-18-20-21-22-23-24-25-26-27-28-29-30-31-32-33-34-35-36-37-38-39-40-41-42-43-44-45-46-48-50-52-54-56-58-64(69)66-62(61-74-75(71,72)73-60-59-67(3,4)5)65(70)63(68)57-55-53-51-49-47-19-17-15-13-11-9-7-2/h8,10,14-17,20-21,23-24,49,51,62-63,65,68,70H,6-7,9,11-13,18-19,22,25-48,50,52-61H2,1-5H3,(H-,66,69,71,72)/p+1/b10-8-,16-14-,17-15+,21-20-,24-23-,51-49+. The molecule has 1 amide bonds. The van der Waals surface area contributed by atoms with Crippen LogP contribution in [0.5, 0.6) is 0 Å². The van der Waals surface area contributed by atoms with Crippen molar-refractivity contribution in [2.45, 2.75) is 295 Å². The van der Waals surface area contributed by atoms with Crippen LogP contribution in [0.25, 0.3) is 0 Å². The predicted octanol–water partition coefficient (Wildman–Crippen LogP) is 18.4. The smallest absolute Gasteiger partial charge is 0.390 e. The van der Waals surface area contributed by atoms with Gasteiger partial charge in [0.05, 0.1) is 39.9 Å². The zero-order valence-electron chi connectivity index (χ0n) is 49.6. The van der Waals surface area contributed by atoms with Crippen molar-refractivity contribution in [3.05, 3.63) is 72.9 Å². The minimum Gasteiger partial charge on any atom is -0.390 e. The summed E-state index contributed by atoms with van der Waals surface area (Å²) in [4.78, 5) is 23.3. The number of aliphatic hydroxyl groups excluding tert-OH is 2. The molecule has 0 aliphatic rings. The van der Waals surface area contributed by atoms with Crippen LogP contribution in [0.15, 0.2) is 72.9 Å². The molecule has 0 aromatic heterocycles. The average molecular weight is 1070 g/mol. The fourth-order valence-electron chi connectivity index (χ4n) is 9.09. The van der Waals surface area contributed by atoms with E-state index in [1.807, 2.05) is 21.1 Å². The van der Waals surface area contributed by atoms with Gasteiger partial charge in [-0.3, -0.25) is 13.8 Å². The van der Waals surface area contributed by atoms with E-state index < -0.39 is 32.7 Å². The Balaban J connectivity index is 3.95. The van der Waals surface area contributed by atoms with Gasteiger partial charge in [-0.15, -0.1) is 0 Å². The summed E-state index contributed by atoms with van der Waals surface area (Å²) in [6.07, 6.45) is 73.2. The highest BCUT2D eigenvalue weighted by Gasteiger charge is 2.32. The Hall–Kier alpha value is -2.10. The minimum atomic E-state index is -4.43. The van der Waals surface area contributed by atoms with Crippen LogP contribution in [-0.4, -0.2) is 84.6 Å². The van der Waals surface area contributed by atoms with Gasteiger partial charge in [-0.05, 0) is 89.9 Å². The number of aliphatic hydroxyl groups is 2. The topological polar surface area (TPSA) is 125 Å². The number of quaternary nitrogens is 1. The Morgan fingerprint density at radius 3 is 1.27 bits per heavy atom. The first-order valence-electron chi connectivity index (χ1n) is 31.4. The van der Waals surface area contributed by atoms with Crippen LogP contribution in [0.1, 0.15) is 277 Å². The Morgan fingerprint density at radius 2 is 0.840 bits per heavy atom. The molecule has 0 heterocycles. The second kappa shape index (κ2) is 55.2. The van der Waals surface area contributed by atoms with Crippen LogP contribution in [0.4, 0.5) is 0 Å². The number of unbranched alkanes of at least 4 members (excludes halogenated alkanes) is 31. The quantitative estimate of drug-likeness (QED) is 0.0207. The fraction of sp³-hybridized carbons (Fsp3) is 0.800. The molecule has 0 aromatic carbocycles. The molecular weight excluding hydrogens is 952 g/mol. The molecule has 438 valence electrons. The molecule has 0 aliphatic heterocycles. The minimum absolute atomic E-state index is 0.0136. The normalized spacial score (nSPS) is 14.7. The number of hydrogen-bond donors (Lipinski definition) is 4. The number of nitrogens with one attached hydrogen (secondary N) is 1. The second-order valence-corrected chi connectivity index (χ2v) is 24.0. The molecule has 0 saturated heterocycles. The number of rotatable bonds is 57. The van der Waals surface area contributed by atoms with E-state index in [0.29, 0.717) is 23.9 Å². The van der Waals surface area contributed by atoms with Gasteiger partial charge in [-0.25, -0.2) is 4.57 Å². The first kappa shape index (κ1) is 72.9. The SMILES string of the molecule is CC/C=C\C/C=C\C/C=C\C/C=C\CCCCCCCCCCCCCCCCCCCCCCCCCCCCC(=O)NC(COP(=O)(O)OCC[N+](C)(C)C)C(O)C(O)CCC/C=C/CC/C=C/CCCCC. The second-order valence-electron chi connectivity index (χ2n) is 22.5. The van der Waals surface area contributed by atoms with Crippen LogP contribution in [0, 0.1) is 0 Å². The highest BCUT2D eigenvalue weighted by atomic mass is 31.2. The number of phosphoric acid groups is 1. The van der Waals surface area contributed by atoms with Gasteiger partial charge < -0.3 is 24.9 Å². The Morgan fingerprint density at radius 1 is 0.480 bits per heavy atom. The van der Waals surface area contributed by atoms with E-state index in [1.165, 1.54) is 173 Å². The summed E-state index contributed by atoms with van der Waals surface area (Å²) in [5.74, 6) is -0.270. The molecule has 0 saturated carbocycles. The van der Waals surface area contributed by atoms with E-state index in [1.54, 1.807) is 0 Å². The summed E-state index contributed by atoms with van der Waals surface area (Å²) < 4.78 is 23.6. The van der Waals surface area contributed by atoms with Gasteiger partial charge in [0.1, 0.15) is 19.3 Å². The average Bonchev–Trinajstić information content (AvgIpc) is 3.37. The molecule has 0 rings (SSSR count). The summed E-state index contributed by atoms with van der Waals surface area (Å²) >= 11 is 0. The van der Waals surface area contributed by atoms with E-state index in [-0.39, 0.29) is 18.9 Å². The van der Waals surface area contributed by atoms with Gasteiger partial charge in [-0.1, -0.05) is 254 Å². The van der Waals surface area contributed by atoms with Crippen molar-refractivity contribution in [3.63, 3.8) is 0 Å². The van der Waals surface area contributed by atoms with Gasteiger partial charge in [0, 0.05) is 6.42 Å². The van der Waals surface area contributed by atoms with Crippen molar-refractivity contribution in [1.82, 2.24) is 5.32 Å². The van der Waals surface area contributed by atoms with Crippen LogP contribution >= 0.6 is 7.82 Å². The summed E-state index contributed by atoms with van der Waals surface area (Å²) in [7, 11) is 1.41. The van der Waals surface area contributed by atoms with E-state index in [4.69, 9.17) is 9.05 Å². The summed E-state index contributed by atoms with van der Waals surface area (Å²) in [5.41, 5.74) is 0. The molecule has 0 bridgehead atoms. The Bertz CT molecular complexity index is 1470. The monoisotopic (exact) mass is 1070 g/mol. The number of hydrogen-bond acceptors (Lipinski definition) is 6. The highest BCUT2D eigenvalue weighted by Crippen LogP contribution is 2.43. The third kappa shape index (κ3) is 56.4. The van der Waals surface area contributed by atoms with Crippen LogP contribution < -0.4 is 5.32 Å². The number of allylic oxidation sites excluding steroid dienone is 12. The largest absolute Gasteiger partial charge is 0.472 e. The van der Waals surface area contributed by atoms with Crippen molar-refractivity contribution in [1.29, 1.82) is 0 Å². The van der Waals surface area contributed by atoms with E-state index in [2.05, 4.69) is 92.1 Å². The molecule has 0 aliphatic carbocycles. The lowest BCUT2D eigenvalue weighted by Gasteiger charge is -2.28. The van der Waals surface area contributed by atoms with Gasteiger partial charge in [0.2, 0.25) is 5.91 Å². The van der Waals surface area contributed by atoms with Gasteiger partial charge in [0.25, 0.3) is 0 Å². The third-order valence-corrected chi connectivity index (χ3v) is 15.0. The molecule has 4 unspecified atom stereocenters. The number of phosphoric ester groups is 1. The Kier molecular flexibility index (Phi) is 53.7. The fourth-order valence-corrected chi connectivity index (χ4v) is 9.83. The van der Waals surface area contributed by atoms with Crippen LogP contribution in [-0.2, 0) is 18.4 Å². The Labute approximate surface area is 464 Å². The van der Waals surface area contributed by atoms with E-state index >= 15 is 0 Å². The molecule has 0 spiro atoms. The molecule has 10 heteroatoms. The molecule has 0 fully saturated rings. The molecule has 4 atom stereocenters. The number of carbonyl (C=O) groups is 1. The maximum atomic E-state index is 13.0. The number of carbonyl (C=O) groups excluding carboxylic acids is 1. The van der Waals surface area contributed by atoms with Crippen molar-refractivity contribution in [2.24, 2.45) is 0 Å². The van der Waals surface area contributed by atoms with Crippen molar-refractivity contribution in [3.8, 4) is 0 Å².